The van der Waals surface area contributed by atoms with Crippen molar-refractivity contribution >= 4 is 21.5 Å². The van der Waals surface area contributed by atoms with E-state index in [4.69, 9.17) is 0 Å². The average molecular weight is 410 g/mol. The molecular formula is C21H22N4O3S. The van der Waals surface area contributed by atoms with Gasteiger partial charge in [0, 0.05) is 38.4 Å². The fourth-order valence-electron chi connectivity index (χ4n) is 4.44. The second-order valence-electron chi connectivity index (χ2n) is 7.87. The Kier molecular flexibility index (Phi) is 4.40. The lowest BCUT2D eigenvalue weighted by Crippen LogP contribution is -2.34. The van der Waals surface area contributed by atoms with E-state index >= 15 is 0 Å². The minimum atomic E-state index is -3.33. The molecule has 2 aliphatic rings. The molecule has 3 aromatic rings. The van der Waals surface area contributed by atoms with Crippen molar-refractivity contribution in [3.05, 3.63) is 76.7 Å². The SMILES string of the molecule is O=c1cc(N2CC3CN(S(=O)(=O)Cc4ccccc4)CC3C2)nc2ccccn12. The Bertz CT molecular complexity index is 1200. The first-order valence-corrected chi connectivity index (χ1v) is 11.4. The van der Waals surface area contributed by atoms with E-state index in [1.54, 1.807) is 22.6 Å². The van der Waals surface area contributed by atoms with Crippen molar-refractivity contribution < 1.29 is 8.42 Å². The van der Waals surface area contributed by atoms with E-state index in [1.807, 2.05) is 42.5 Å². The number of pyridine rings is 1. The summed E-state index contributed by atoms with van der Waals surface area (Å²) in [6.45, 7) is 2.50. The molecule has 2 saturated heterocycles. The summed E-state index contributed by atoms with van der Waals surface area (Å²) in [4.78, 5) is 19.1. The highest BCUT2D eigenvalue weighted by Crippen LogP contribution is 2.35. The van der Waals surface area contributed by atoms with Crippen LogP contribution in [0, 0.1) is 11.8 Å². The number of fused-ring (bicyclic) bond motifs is 2. The van der Waals surface area contributed by atoms with Crippen molar-refractivity contribution in [3.63, 3.8) is 0 Å². The number of anilines is 1. The van der Waals surface area contributed by atoms with Crippen LogP contribution in [0.3, 0.4) is 0 Å². The largest absolute Gasteiger partial charge is 0.356 e. The van der Waals surface area contributed by atoms with Crippen LogP contribution in [-0.4, -0.2) is 48.3 Å². The Labute approximate surface area is 169 Å². The van der Waals surface area contributed by atoms with Crippen molar-refractivity contribution in [2.24, 2.45) is 11.8 Å². The number of rotatable bonds is 4. The number of nitrogens with zero attached hydrogens (tertiary/aromatic N) is 4. The van der Waals surface area contributed by atoms with Crippen molar-refractivity contribution in [1.29, 1.82) is 0 Å². The molecule has 7 nitrogen and oxygen atoms in total. The maximum Gasteiger partial charge on any atom is 0.259 e. The molecule has 0 N–H and O–H groups in total. The summed E-state index contributed by atoms with van der Waals surface area (Å²) in [7, 11) is -3.33. The van der Waals surface area contributed by atoms with Gasteiger partial charge in [-0.15, -0.1) is 0 Å². The van der Waals surface area contributed by atoms with Crippen LogP contribution in [0.15, 0.2) is 65.6 Å². The van der Waals surface area contributed by atoms with E-state index < -0.39 is 10.0 Å². The van der Waals surface area contributed by atoms with E-state index in [1.165, 1.54) is 4.40 Å². The average Bonchev–Trinajstić information content (AvgIpc) is 3.28. The number of aromatic nitrogens is 2. The summed E-state index contributed by atoms with van der Waals surface area (Å²) < 4.78 is 28.8. The Balaban J connectivity index is 1.31. The molecule has 8 heteroatoms. The Morgan fingerprint density at radius 1 is 0.931 bits per heavy atom. The molecule has 2 aromatic heterocycles. The summed E-state index contributed by atoms with van der Waals surface area (Å²) in [5.41, 5.74) is 1.33. The lowest BCUT2D eigenvalue weighted by molar-refractivity contribution is 0.452. The molecule has 2 aliphatic heterocycles. The van der Waals surface area contributed by atoms with E-state index in [-0.39, 0.29) is 23.1 Å². The lowest BCUT2D eigenvalue weighted by Gasteiger charge is -2.22. The van der Waals surface area contributed by atoms with Crippen molar-refractivity contribution in [2.75, 3.05) is 31.1 Å². The Hall–Kier alpha value is -2.71. The third kappa shape index (κ3) is 3.42. The first-order valence-electron chi connectivity index (χ1n) is 9.75. The molecule has 0 spiro atoms. The smallest absolute Gasteiger partial charge is 0.259 e. The highest BCUT2D eigenvalue weighted by molar-refractivity contribution is 7.88. The highest BCUT2D eigenvalue weighted by Gasteiger charge is 2.44. The van der Waals surface area contributed by atoms with Gasteiger partial charge in [0.2, 0.25) is 10.0 Å². The van der Waals surface area contributed by atoms with Crippen LogP contribution in [0.1, 0.15) is 5.56 Å². The van der Waals surface area contributed by atoms with Gasteiger partial charge in [0.1, 0.15) is 11.5 Å². The van der Waals surface area contributed by atoms with Gasteiger partial charge >= 0.3 is 0 Å². The van der Waals surface area contributed by atoms with Gasteiger partial charge in [0.15, 0.2) is 0 Å². The van der Waals surface area contributed by atoms with Gasteiger partial charge in [0.25, 0.3) is 5.56 Å². The van der Waals surface area contributed by atoms with Gasteiger partial charge in [-0.25, -0.2) is 17.7 Å². The molecule has 2 atom stereocenters. The van der Waals surface area contributed by atoms with E-state index in [2.05, 4.69) is 9.88 Å². The molecule has 0 amide bonds. The molecule has 150 valence electrons. The highest BCUT2D eigenvalue weighted by atomic mass is 32.2. The molecule has 29 heavy (non-hydrogen) atoms. The number of benzene rings is 1. The minimum absolute atomic E-state index is 0.0417. The third-order valence-corrected chi connectivity index (χ3v) is 7.70. The molecule has 0 radical (unpaired) electrons. The zero-order chi connectivity index (χ0) is 20.0. The van der Waals surface area contributed by atoms with Gasteiger partial charge in [-0.05, 0) is 29.5 Å². The van der Waals surface area contributed by atoms with Crippen LogP contribution >= 0.6 is 0 Å². The van der Waals surface area contributed by atoms with Gasteiger partial charge in [-0.1, -0.05) is 36.4 Å². The van der Waals surface area contributed by atoms with Gasteiger partial charge < -0.3 is 4.90 Å². The summed E-state index contributed by atoms with van der Waals surface area (Å²) in [5.74, 6) is 1.24. The topological polar surface area (TPSA) is 75.0 Å². The molecule has 0 saturated carbocycles. The molecular weight excluding hydrogens is 388 g/mol. The molecule has 4 heterocycles. The van der Waals surface area contributed by atoms with Crippen LogP contribution < -0.4 is 10.5 Å². The molecule has 0 bridgehead atoms. The minimum Gasteiger partial charge on any atom is -0.356 e. The standard InChI is InChI=1S/C21H22N4O3S/c26-21-10-20(22-19-8-4-5-9-25(19)21)23-11-17-13-24(14-18(17)12-23)29(27,28)15-16-6-2-1-3-7-16/h1-10,17-18H,11-15H2. The number of hydrogen-bond donors (Lipinski definition) is 0. The van der Waals surface area contributed by atoms with Crippen LogP contribution in [-0.2, 0) is 15.8 Å². The van der Waals surface area contributed by atoms with E-state index in [9.17, 15) is 13.2 Å². The summed E-state index contributed by atoms with van der Waals surface area (Å²) in [5, 5.41) is 0. The maximum atomic E-state index is 12.8. The van der Waals surface area contributed by atoms with Crippen LogP contribution in [0.25, 0.3) is 5.65 Å². The zero-order valence-corrected chi connectivity index (χ0v) is 16.7. The van der Waals surface area contributed by atoms with Crippen molar-refractivity contribution in [2.45, 2.75) is 5.75 Å². The molecule has 0 aliphatic carbocycles. The third-order valence-electron chi connectivity index (χ3n) is 5.92. The van der Waals surface area contributed by atoms with Gasteiger partial charge in [-0.3, -0.25) is 9.20 Å². The van der Waals surface area contributed by atoms with Crippen molar-refractivity contribution in [1.82, 2.24) is 13.7 Å². The normalized spacial score (nSPS) is 22.3. The zero-order valence-electron chi connectivity index (χ0n) is 15.9. The maximum absolute atomic E-state index is 12.8. The van der Waals surface area contributed by atoms with Crippen molar-refractivity contribution in [3.8, 4) is 0 Å². The van der Waals surface area contributed by atoms with Gasteiger partial charge in [0.05, 0.1) is 5.75 Å². The second-order valence-corrected chi connectivity index (χ2v) is 9.83. The predicted octanol–water partition coefficient (Wildman–Crippen LogP) is 1.59. The number of sulfonamides is 1. The van der Waals surface area contributed by atoms with E-state index in [0.29, 0.717) is 24.6 Å². The van der Waals surface area contributed by atoms with Crippen LogP contribution in [0.5, 0.6) is 0 Å². The second kappa shape index (κ2) is 6.96. The Morgan fingerprint density at radius 2 is 1.62 bits per heavy atom. The monoisotopic (exact) mass is 410 g/mol. The van der Waals surface area contributed by atoms with Gasteiger partial charge in [-0.2, -0.15) is 0 Å². The summed E-state index contributed by atoms with van der Waals surface area (Å²) >= 11 is 0. The summed E-state index contributed by atoms with van der Waals surface area (Å²) in [6, 6.07) is 16.4. The van der Waals surface area contributed by atoms with E-state index in [0.717, 1.165) is 18.7 Å². The predicted molar refractivity (Wildman–Crippen MR) is 111 cm³/mol. The molecule has 5 rings (SSSR count). The Morgan fingerprint density at radius 3 is 2.34 bits per heavy atom. The van der Waals surface area contributed by atoms with Crippen LogP contribution in [0.4, 0.5) is 5.82 Å². The number of hydrogen-bond acceptors (Lipinski definition) is 5. The first kappa shape index (κ1) is 18.3. The first-order chi connectivity index (χ1) is 14.0. The summed E-state index contributed by atoms with van der Waals surface area (Å²) in [6.07, 6.45) is 1.71. The fourth-order valence-corrected chi connectivity index (χ4v) is 6.08. The molecule has 2 fully saturated rings. The lowest BCUT2D eigenvalue weighted by atomic mass is 10.0. The molecule has 2 unspecified atom stereocenters. The molecule has 1 aromatic carbocycles. The quantitative estimate of drug-likeness (QED) is 0.653. The fraction of sp³-hybridized carbons (Fsp3) is 0.333. The van der Waals surface area contributed by atoms with Crippen LogP contribution in [0.2, 0.25) is 0 Å².